The van der Waals surface area contributed by atoms with Gasteiger partial charge in [-0.25, -0.2) is 0 Å². The highest BCUT2D eigenvalue weighted by atomic mass is 35.5. The molecule has 1 aromatic heterocycles. The van der Waals surface area contributed by atoms with E-state index in [0.29, 0.717) is 14.8 Å². The lowest BCUT2D eigenvalue weighted by Crippen LogP contribution is -1.93. The second kappa shape index (κ2) is 3.73. The molecule has 0 aliphatic heterocycles. The summed E-state index contributed by atoms with van der Waals surface area (Å²) in [6, 6.07) is 5.34. The number of rotatable bonds is 1. The molecule has 0 aliphatic rings. The van der Waals surface area contributed by atoms with Gasteiger partial charge in [0.25, 0.3) is 0 Å². The van der Waals surface area contributed by atoms with Crippen molar-refractivity contribution < 1.29 is 0 Å². The fraction of sp³-hybridized carbons (Fsp3) is 0. The van der Waals surface area contributed by atoms with Gasteiger partial charge in [-0.2, -0.15) is 5.10 Å². The van der Waals surface area contributed by atoms with Crippen molar-refractivity contribution in [3.8, 4) is 5.69 Å². The van der Waals surface area contributed by atoms with Crippen LogP contribution in [0.2, 0.25) is 10.0 Å². The van der Waals surface area contributed by atoms with Crippen molar-refractivity contribution in [3.05, 3.63) is 39.3 Å². The molecule has 0 aliphatic carbocycles. The number of benzene rings is 1. The molecule has 72 valence electrons. The predicted octanol–water partition coefficient (Wildman–Crippen LogP) is 3.24. The van der Waals surface area contributed by atoms with E-state index >= 15 is 0 Å². The van der Waals surface area contributed by atoms with Crippen LogP contribution in [-0.4, -0.2) is 14.8 Å². The van der Waals surface area contributed by atoms with E-state index in [0.717, 1.165) is 5.69 Å². The molecule has 0 fully saturated rings. The van der Waals surface area contributed by atoms with Gasteiger partial charge in [0.05, 0.1) is 15.7 Å². The van der Waals surface area contributed by atoms with Gasteiger partial charge in [0.15, 0.2) is 4.77 Å². The number of aromatic nitrogens is 3. The predicted molar refractivity (Wildman–Crippen MR) is 58.8 cm³/mol. The van der Waals surface area contributed by atoms with Crippen LogP contribution in [0.5, 0.6) is 0 Å². The molecule has 1 aromatic carbocycles. The van der Waals surface area contributed by atoms with Crippen molar-refractivity contribution in [2.24, 2.45) is 0 Å². The largest absolute Gasteiger partial charge is 0.273 e. The van der Waals surface area contributed by atoms with Crippen LogP contribution < -0.4 is 0 Å². The van der Waals surface area contributed by atoms with E-state index in [9.17, 15) is 0 Å². The third-order valence-electron chi connectivity index (χ3n) is 1.74. The number of hydrogen-bond acceptors (Lipinski definition) is 2. The first-order valence-electron chi connectivity index (χ1n) is 3.76. The Morgan fingerprint density at radius 2 is 2.14 bits per heavy atom. The summed E-state index contributed by atoms with van der Waals surface area (Å²) >= 11 is 16.9. The minimum atomic E-state index is 0.465. The van der Waals surface area contributed by atoms with Crippen LogP contribution >= 0.6 is 35.4 Å². The van der Waals surface area contributed by atoms with E-state index < -0.39 is 0 Å². The number of hydrogen-bond donors (Lipinski definition) is 1. The standard InChI is InChI=1S/C8H5Cl2N3S/c9-5-2-1-3-6(7(5)10)13-4-11-12-8(13)14/h1-4H,(H,12,14). The molecule has 0 unspecified atom stereocenters. The number of halogens is 2. The summed E-state index contributed by atoms with van der Waals surface area (Å²) < 4.78 is 2.14. The highest BCUT2D eigenvalue weighted by molar-refractivity contribution is 7.71. The van der Waals surface area contributed by atoms with Gasteiger partial charge in [0.2, 0.25) is 0 Å². The first-order valence-corrected chi connectivity index (χ1v) is 4.93. The zero-order valence-corrected chi connectivity index (χ0v) is 9.20. The summed E-state index contributed by atoms with van der Waals surface area (Å²) in [6.07, 6.45) is 1.56. The summed E-state index contributed by atoms with van der Waals surface area (Å²) in [7, 11) is 0. The molecular weight excluding hydrogens is 241 g/mol. The summed E-state index contributed by atoms with van der Waals surface area (Å²) in [6.45, 7) is 0. The lowest BCUT2D eigenvalue weighted by atomic mass is 10.3. The van der Waals surface area contributed by atoms with Gasteiger partial charge in [-0.05, 0) is 24.4 Å². The quantitative estimate of drug-likeness (QED) is 0.783. The third-order valence-corrected chi connectivity index (χ3v) is 2.84. The lowest BCUT2D eigenvalue weighted by Gasteiger charge is -2.04. The van der Waals surface area contributed by atoms with Crippen molar-refractivity contribution in [3.63, 3.8) is 0 Å². The highest BCUT2D eigenvalue weighted by Gasteiger charge is 2.06. The van der Waals surface area contributed by atoms with Crippen molar-refractivity contribution in [2.45, 2.75) is 0 Å². The maximum absolute atomic E-state index is 6.02. The molecule has 1 heterocycles. The molecule has 0 radical (unpaired) electrons. The van der Waals surface area contributed by atoms with Crippen molar-refractivity contribution >= 4 is 35.4 Å². The zero-order chi connectivity index (χ0) is 10.1. The van der Waals surface area contributed by atoms with Gasteiger partial charge in [-0.1, -0.05) is 29.3 Å². The van der Waals surface area contributed by atoms with E-state index in [1.165, 1.54) is 0 Å². The molecular formula is C8H5Cl2N3S. The minimum absolute atomic E-state index is 0.465. The maximum atomic E-state index is 6.02. The molecule has 0 saturated carbocycles. The fourth-order valence-corrected chi connectivity index (χ4v) is 1.68. The minimum Gasteiger partial charge on any atom is -0.273 e. The fourth-order valence-electron chi connectivity index (χ4n) is 1.10. The van der Waals surface area contributed by atoms with Crippen LogP contribution in [0, 0.1) is 4.77 Å². The number of nitrogens with one attached hydrogen (secondary N) is 1. The molecule has 2 aromatic rings. The van der Waals surface area contributed by atoms with Gasteiger partial charge in [0, 0.05) is 0 Å². The maximum Gasteiger partial charge on any atom is 0.199 e. The molecule has 0 amide bonds. The van der Waals surface area contributed by atoms with Crippen molar-refractivity contribution in [1.82, 2.24) is 14.8 Å². The number of nitrogens with zero attached hydrogens (tertiary/aromatic N) is 2. The van der Waals surface area contributed by atoms with E-state index in [1.54, 1.807) is 23.0 Å². The SMILES string of the molecule is S=c1[nH]ncn1-c1cccc(Cl)c1Cl. The van der Waals surface area contributed by atoms with Crippen LogP contribution in [-0.2, 0) is 0 Å². The van der Waals surface area contributed by atoms with E-state index in [4.69, 9.17) is 35.4 Å². The Morgan fingerprint density at radius 1 is 1.36 bits per heavy atom. The normalized spacial score (nSPS) is 10.4. The first-order chi connectivity index (χ1) is 6.70. The van der Waals surface area contributed by atoms with Crippen molar-refractivity contribution in [2.75, 3.05) is 0 Å². The molecule has 0 atom stereocenters. The third kappa shape index (κ3) is 1.56. The lowest BCUT2D eigenvalue weighted by molar-refractivity contribution is 1.03. The molecule has 2 rings (SSSR count). The molecule has 6 heteroatoms. The number of H-pyrrole nitrogens is 1. The Morgan fingerprint density at radius 3 is 2.79 bits per heavy atom. The average molecular weight is 246 g/mol. The van der Waals surface area contributed by atoms with Crippen LogP contribution in [0.3, 0.4) is 0 Å². The topological polar surface area (TPSA) is 33.6 Å². The van der Waals surface area contributed by atoms with Gasteiger partial charge < -0.3 is 0 Å². The van der Waals surface area contributed by atoms with Gasteiger partial charge in [-0.3, -0.25) is 9.67 Å². The van der Waals surface area contributed by atoms with E-state index in [-0.39, 0.29) is 0 Å². The molecule has 0 saturated heterocycles. The monoisotopic (exact) mass is 245 g/mol. The first kappa shape index (κ1) is 9.71. The van der Waals surface area contributed by atoms with Crippen LogP contribution in [0.15, 0.2) is 24.5 Å². The second-order valence-electron chi connectivity index (χ2n) is 2.60. The zero-order valence-electron chi connectivity index (χ0n) is 6.87. The van der Waals surface area contributed by atoms with Gasteiger partial charge in [0.1, 0.15) is 6.33 Å². The summed E-state index contributed by atoms with van der Waals surface area (Å²) in [4.78, 5) is 0. The molecule has 0 bridgehead atoms. The molecule has 3 nitrogen and oxygen atoms in total. The smallest absolute Gasteiger partial charge is 0.199 e. The van der Waals surface area contributed by atoms with Gasteiger partial charge in [-0.15, -0.1) is 0 Å². The average Bonchev–Trinajstić information content (AvgIpc) is 2.57. The summed E-state index contributed by atoms with van der Waals surface area (Å²) in [5.74, 6) is 0. The summed E-state index contributed by atoms with van der Waals surface area (Å²) in [5, 5.41) is 7.40. The Bertz CT molecular complexity index is 517. The summed E-state index contributed by atoms with van der Waals surface area (Å²) in [5.41, 5.74) is 0.720. The van der Waals surface area contributed by atoms with E-state index in [1.807, 2.05) is 6.07 Å². The van der Waals surface area contributed by atoms with Gasteiger partial charge >= 0.3 is 0 Å². The molecule has 1 N–H and O–H groups in total. The van der Waals surface area contributed by atoms with Crippen LogP contribution in [0.25, 0.3) is 5.69 Å². The Balaban J connectivity index is 2.69. The van der Waals surface area contributed by atoms with Crippen LogP contribution in [0.1, 0.15) is 0 Å². The second-order valence-corrected chi connectivity index (χ2v) is 3.78. The molecule has 0 spiro atoms. The Kier molecular flexibility index (Phi) is 2.58. The Labute approximate surface area is 95.3 Å². The molecule has 14 heavy (non-hydrogen) atoms. The van der Waals surface area contributed by atoms with Crippen LogP contribution in [0.4, 0.5) is 0 Å². The highest BCUT2D eigenvalue weighted by Crippen LogP contribution is 2.28. The van der Waals surface area contributed by atoms with E-state index in [2.05, 4.69) is 10.2 Å². The number of aromatic amines is 1. The Hall–Kier alpha value is -0.840. The van der Waals surface area contributed by atoms with Crippen molar-refractivity contribution in [1.29, 1.82) is 0 Å².